The highest BCUT2D eigenvalue weighted by molar-refractivity contribution is 9.10. The molecule has 0 amide bonds. The van der Waals surface area contributed by atoms with Crippen LogP contribution < -0.4 is 0 Å². The summed E-state index contributed by atoms with van der Waals surface area (Å²) in [7, 11) is 0. The molecule has 2 saturated carbocycles. The molecule has 0 heterocycles. The van der Waals surface area contributed by atoms with Crippen molar-refractivity contribution in [3.8, 4) is 0 Å². The van der Waals surface area contributed by atoms with E-state index in [2.05, 4.69) is 31.9 Å². The Balaban J connectivity index is 2.23. The van der Waals surface area contributed by atoms with Crippen molar-refractivity contribution >= 4 is 37.6 Å². The lowest BCUT2D eigenvalue weighted by Gasteiger charge is -2.27. The summed E-state index contributed by atoms with van der Waals surface area (Å²) in [6, 6.07) is 0. The van der Waals surface area contributed by atoms with Gasteiger partial charge in [0.25, 0.3) is 0 Å². The van der Waals surface area contributed by atoms with Crippen LogP contribution in [0.2, 0.25) is 0 Å². The molecule has 0 unspecified atom stereocenters. The Morgan fingerprint density at radius 3 is 2.00 bits per heavy atom. The van der Waals surface area contributed by atoms with Gasteiger partial charge in [-0.3, -0.25) is 4.79 Å². The molecule has 0 aromatic carbocycles. The number of rotatable bonds is 0. The summed E-state index contributed by atoms with van der Waals surface area (Å²) in [5.74, 6) is 1.62. The van der Waals surface area contributed by atoms with Gasteiger partial charge in [0.15, 0.2) is 5.78 Å². The van der Waals surface area contributed by atoms with E-state index in [1.807, 2.05) is 0 Å². The van der Waals surface area contributed by atoms with E-state index in [0.717, 1.165) is 0 Å². The highest BCUT2D eigenvalue weighted by Gasteiger charge is 2.45. The first-order valence-corrected chi connectivity index (χ1v) is 5.85. The molecule has 62 valence electrons. The molecule has 0 radical (unpaired) electrons. The number of halogens is 2. The van der Waals surface area contributed by atoms with Crippen molar-refractivity contribution in [2.24, 2.45) is 11.8 Å². The molecule has 2 aliphatic carbocycles. The molecule has 4 atom stereocenters. The first-order chi connectivity index (χ1) is 5.20. The lowest BCUT2D eigenvalue weighted by atomic mass is 9.88. The van der Waals surface area contributed by atoms with Crippen molar-refractivity contribution in [3.63, 3.8) is 0 Å². The summed E-state index contributed by atoms with van der Waals surface area (Å²) < 4.78 is 0. The number of Topliss-reactive ketones (excluding diaryl/α,β-unsaturated/α-hetero) is 1. The van der Waals surface area contributed by atoms with Crippen molar-refractivity contribution in [1.29, 1.82) is 0 Å². The largest absolute Gasteiger partial charge is 0.297 e. The molecule has 0 aliphatic heterocycles. The van der Waals surface area contributed by atoms with Gasteiger partial charge in [0, 0.05) is 0 Å². The van der Waals surface area contributed by atoms with Crippen LogP contribution in [-0.2, 0) is 4.79 Å². The van der Waals surface area contributed by atoms with Gasteiger partial charge in [-0.1, -0.05) is 31.9 Å². The second-order valence-corrected chi connectivity index (χ2v) is 5.51. The Morgan fingerprint density at radius 1 is 1.09 bits per heavy atom. The van der Waals surface area contributed by atoms with Crippen molar-refractivity contribution in [1.82, 2.24) is 0 Å². The zero-order valence-electron chi connectivity index (χ0n) is 6.09. The molecular weight excluding hydrogens is 272 g/mol. The van der Waals surface area contributed by atoms with Crippen molar-refractivity contribution in [2.45, 2.75) is 28.9 Å². The molecule has 0 aromatic rings. The first kappa shape index (κ1) is 8.24. The molecule has 1 nitrogen and oxygen atoms in total. The fourth-order valence-electron chi connectivity index (χ4n) is 2.20. The molecule has 2 fully saturated rings. The van der Waals surface area contributed by atoms with Gasteiger partial charge in [-0.05, 0) is 31.1 Å². The maximum absolute atomic E-state index is 11.5. The Bertz CT molecular complexity index is 175. The van der Waals surface area contributed by atoms with Crippen LogP contribution in [0.15, 0.2) is 0 Å². The van der Waals surface area contributed by atoms with E-state index in [-0.39, 0.29) is 9.65 Å². The predicted octanol–water partition coefficient (Wildman–Crippen LogP) is 2.51. The Hall–Kier alpha value is 0.630. The van der Waals surface area contributed by atoms with E-state index >= 15 is 0 Å². The third kappa shape index (κ3) is 1.21. The maximum atomic E-state index is 11.5. The number of hydrogen-bond donors (Lipinski definition) is 0. The zero-order valence-corrected chi connectivity index (χ0v) is 9.27. The quantitative estimate of drug-likeness (QED) is 0.624. The molecule has 3 heteroatoms. The SMILES string of the molecule is O=C1[C@@H](Br)[C@@H]2CC[C@@H](C2)[C@@H]1Br. The second-order valence-electron chi connectivity index (χ2n) is 3.54. The average molecular weight is 282 g/mol. The van der Waals surface area contributed by atoms with Crippen LogP contribution in [-0.4, -0.2) is 15.4 Å². The molecular formula is C8H10Br2O. The Labute approximate surface area is 83.2 Å². The Morgan fingerprint density at radius 2 is 1.55 bits per heavy atom. The number of carbonyl (C=O) groups excluding carboxylic acids is 1. The van der Waals surface area contributed by atoms with E-state index < -0.39 is 0 Å². The summed E-state index contributed by atoms with van der Waals surface area (Å²) in [6.45, 7) is 0. The Kier molecular flexibility index (Phi) is 2.13. The molecule has 0 N–H and O–H groups in total. The lowest BCUT2D eigenvalue weighted by Crippen LogP contribution is -2.37. The summed E-state index contributed by atoms with van der Waals surface area (Å²) >= 11 is 6.94. The number of hydrogen-bond acceptors (Lipinski definition) is 1. The smallest absolute Gasteiger partial charge is 0.160 e. The number of alkyl halides is 2. The van der Waals surface area contributed by atoms with Gasteiger partial charge in [0.1, 0.15) is 0 Å². The molecule has 0 spiro atoms. The van der Waals surface area contributed by atoms with Crippen molar-refractivity contribution < 1.29 is 4.79 Å². The molecule has 2 bridgehead atoms. The van der Waals surface area contributed by atoms with Crippen LogP contribution in [0.25, 0.3) is 0 Å². The average Bonchev–Trinajstić information content (AvgIpc) is 2.44. The van der Waals surface area contributed by atoms with Gasteiger partial charge in [-0.25, -0.2) is 0 Å². The van der Waals surface area contributed by atoms with Gasteiger partial charge >= 0.3 is 0 Å². The van der Waals surface area contributed by atoms with Crippen LogP contribution >= 0.6 is 31.9 Å². The van der Waals surface area contributed by atoms with Gasteiger partial charge in [0.2, 0.25) is 0 Å². The van der Waals surface area contributed by atoms with Crippen LogP contribution in [0.5, 0.6) is 0 Å². The van der Waals surface area contributed by atoms with E-state index in [4.69, 9.17) is 0 Å². The minimum Gasteiger partial charge on any atom is -0.297 e. The van der Waals surface area contributed by atoms with E-state index in [0.29, 0.717) is 17.6 Å². The van der Waals surface area contributed by atoms with Crippen molar-refractivity contribution in [2.75, 3.05) is 0 Å². The van der Waals surface area contributed by atoms with Crippen LogP contribution in [0.4, 0.5) is 0 Å². The van der Waals surface area contributed by atoms with Crippen LogP contribution in [0, 0.1) is 11.8 Å². The fraction of sp³-hybridized carbons (Fsp3) is 0.875. The minimum atomic E-state index is 0.130. The molecule has 11 heavy (non-hydrogen) atoms. The summed E-state index contributed by atoms with van der Waals surface area (Å²) in [5.41, 5.74) is 0. The standard InChI is InChI=1S/C8H10Br2O/c9-6-4-1-2-5(3-4)7(10)8(6)11/h4-7H,1-3H2/t4-,5+,6-,7-/m0/s1. The molecule has 2 rings (SSSR count). The van der Waals surface area contributed by atoms with Gasteiger partial charge < -0.3 is 0 Å². The second kappa shape index (κ2) is 2.84. The van der Waals surface area contributed by atoms with Crippen molar-refractivity contribution in [3.05, 3.63) is 0 Å². The summed E-state index contributed by atoms with van der Waals surface area (Å²) in [5, 5.41) is 0. The van der Waals surface area contributed by atoms with E-state index in [1.54, 1.807) is 0 Å². The third-order valence-electron chi connectivity index (χ3n) is 2.89. The van der Waals surface area contributed by atoms with E-state index in [9.17, 15) is 4.79 Å². The van der Waals surface area contributed by atoms with Gasteiger partial charge in [-0.15, -0.1) is 0 Å². The van der Waals surface area contributed by atoms with Crippen LogP contribution in [0.1, 0.15) is 19.3 Å². The lowest BCUT2D eigenvalue weighted by molar-refractivity contribution is -0.120. The van der Waals surface area contributed by atoms with E-state index in [1.165, 1.54) is 19.3 Å². The van der Waals surface area contributed by atoms with Gasteiger partial charge in [-0.2, -0.15) is 0 Å². The highest BCUT2D eigenvalue weighted by Crippen LogP contribution is 2.45. The van der Waals surface area contributed by atoms with Gasteiger partial charge in [0.05, 0.1) is 9.65 Å². The molecule has 0 aromatic heterocycles. The normalized spacial score (nSPS) is 49.8. The minimum absolute atomic E-state index is 0.130. The number of fused-ring (bicyclic) bond motifs is 2. The summed E-state index contributed by atoms with van der Waals surface area (Å²) in [4.78, 5) is 11.8. The number of carbonyl (C=O) groups is 1. The number of ketones is 1. The van der Waals surface area contributed by atoms with Crippen LogP contribution in [0.3, 0.4) is 0 Å². The predicted molar refractivity (Wildman–Crippen MR) is 51.3 cm³/mol. The highest BCUT2D eigenvalue weighted by atomic mass is 79.9. The fourth-order valence-corrected chi connectivity index (χ4v) is 4.09. The zero-order chi connectivity index (χ0) is 8.01. The topological polar surface area (TPSA) is 17.1 Å². The summed E-state index contributed by atoms with van der Waals surface area (Å²) in [6.07, 6.45) is 3.69. The molecule has 0 saturated heterocycles. The monoisotopic (exact) mass is 280 g/mol. The molecule has 2 aliphatic rings. The third-order valence-corrected chi connectivity index (χ3v) is 5.28. The first-order valence-electron chi connectivity index (χ1n) is 4.02. The maximum Gasteiger partial charge on any atom is 0.160 e.